The number of hydrogen-bond acceptors (Lipinski definition) is 1. The lowest BCUT2D eigenvalue weighted by molar-refractivity contribution is 0.759. The largest absolute Gasteiger partial charge is 0.323 e. The van der Waals surface area contributed by atoms with Gasteiger partial charge < -0.3 is 4.57 Å². The van der Waals surface area contributed by atoms with Crippen LogP contribution in [0, 0.1) is 0 Å². The van der Waals surface area contributed by atoms with Gasteiger partial charge in [-0.05, 0) is 25.0 Å². The van der Waals surface area contributed by atoms with E-state index in [2.05, 4.69) is 45.3 Å². The lowest BCUT2D eigenvalue weighted by Gasteiger charge is -2.06. The van der Waals surface area contributed by atoms with Crippen molar-refractivity contribution in [2.45, 2.75) is 25.3 Å². The minimum Gasteiger partial charge on any atom is -0.323 e. The average Bonchev–Trinajstić information content (AvgIpc) is 3.03. The van der Waals surface area contributed by atoms with Crippen molar-refractivity contribution in [1.82, 2.24) is 9.55 Å². The van der Waals surface area contributed by atoms with Gasteiger partial charge in [0.05, 0.1) is 17.6 Å². The molecule has 0 radical (unpaired) electrons. The van der Waals surface area contributed by atoms with Gasteiger partial charge in [-0.15, -0.1) is 0 Å². The first-order valence-electron chi connectivity index (χ1n) is 5.54. The molecule has 82 valence electrons. The zero-order chi connectivity index (χ0) is 11.1. The number of para-hydroxylation sites is 2. The van der Waals surface area contributed by atoms with E-state index in [1.54, 1.807) is 0 Å². The van der Waals surface area contributed by atoms with E-state index in [-0.39, 0.29) is 0 Å². The molecule has 0 saturated heterocycles. The normalized spacial score (nSPS) is 15.6. The van der Waals surface area contributed by atoms with Gasteiger partial charge in [0.15, 0.2) is 0 Å². The minimum atomic E-state index is 0.666. The third-order valence-corrected chi connectivity index (χ3v) is 3.21. The second kappa shape index (κ2) is 3.74. The Morgan fingerprint density at radius 3 is 2.88 bits per heavy atom. The number of halogens is 1. The third-order valence-electron chi connectivity index (χ3n) is 2.96. The molecule has 3 rings (SSSR count). The number of allylic oxidation sites excluding steroid dienone is 1. The van der Waals surface area contributed by atoms with E-state index in [1.165, 1.54) is 24.2 Å². The molecule has 1 aliphatic carbocycles. The summed E-state index contributed by atoms with van der Waals surface area (Å²) in [7, 11) is 0. The molecule has 2 nitrogen and oxygen atoms in total. The fourth-order valence-electron chi connectivity index (χ4n) is 2.09. The molecule has 2 aromatic rings. The van der Waals surface area contributed by atoms with Crippen LogP contribution in [0.25, 0.3) is 11.0 Å². The van der Waals surface area contributed by atoms with Gasteiger partial charge in [-0.3, -0.25) is 0 Å². The summed E-state index contributed by atoms with van der Waals surface area (Å²) < 4.78 is 3.28. The Balaban J connectivity index is 2.18. The number of imidazole rings is 1. The predicted molar refractivity (Wildman–Crippen MR) is 69.8 cm³/mol. The van der Waals surface area contributed by atoms with Crippen LogP contribution in [0.1, 0.15) is 24.6 Å². The Labute approximate surface area is 103 Å². The molecule has 0 unspecified atom stereocenters. The van der Waals surface area contributed by atoms with Crippen LogP contribution in [0.5, 0.6) is 0 Å². The van der Waals surface area contributed by atoms with E-state index in [0.29, 0.717) is 5.92 Å². The van der Waals surface area contributed by atoms with Crippen LogP contribution in [0.2, 0.25) is 0 Å². The molecule has 1 heterocycles. The minimum absolute atomic E-state index is 0.666. The van der Waals surface area contributed by atoms with Crippen molar-refractivity contribution in [2.24, 2.45) is 0 Å². The molecule has 0 amide bonds. The first-order valence-corrected chi connectivity index (χ1v) is 6.33. The maximum absolute atomic E-state index is 4.73. The highest BCUT2D eigenvalue weighted by molar-refractivity contribution is 9.11. The van der Waals surface area contributed by atoms with E-state index < -0.39 is 0 Å². The molecule has 3 heteroatoms. The van der Waals surface area contributed by atoms with Crippen molar-refractivity contribution < 1.29 is 0 Å². The summed E-state index contributed by atoms with van der Waals surface area (Å²) in [5.74, 6) is 1.89. The Kier molecular flexibility index (Phi) is 2.36. The highest BCUT2D eigenvalue weighted by Crippen LogP contribution is 2.40. The summed E-state index contributed by atoms with van der Waals surface area (Å²) in [4.78, 5) is 4.73. The number of nitrogens with zero attached hydrogens (tertiary/aromatic N) is 2. The second-order valence-electron chi connectivity index (χ2n) is 4.34. The van der Waals surface area contributed by atoms with E-state index in [4.69, 9.17) is 4.98 Å². The number of fused-ring (bicyclic) bond motifs is 1. The molecule has 0 N–H and O–H groups in total. The van der Waals surface area contributed by atoms with Gasteiger partial charge in [-0.1, -0.05) is 34.6 Å². The van der Waals surface area contributed by atoms with Crippen molar-refractivity contribution in [3.05, 3.63) is 41.2 Å². The number of aromatic nitrogens is 2. The van der Waals surface area contributed by atoms with Crippen LogP contribution in [0.4, 0.5) is 0 Å². The summed E-state index contributed by atoms with van der Waals surface area (Å²) in [5, 5.41) is 0. The van der Waals surface area contributed by atoms with Gasteiger partial charge in [0.25, 0.3) is 0 Å². The third kappa shape index (κ3) is 1.69. The summed E-state index contributed by atoms with van der Waals surface area (Å²) >= 11 is 3.44. The maximum atomic E-state index is 4.73. The summed E-state index contributed by atoms with van der Waals surface area (Å²) in [6.45, 7) is 4.74. The van der Waals surface area contributed by atoms with Gasteiger partial charge in [-0.25, -0.2) is 4.98 Å². The Bertz CT molecular complexity index is 552. The topological polar surface area (TPSA) is 17.8 Å². The van der Waals surface area contributed by atoms with Crippen LogP contribution in [-0.2, 0) is 6.54 Å². The Hall–Kier alpha value is -1.09. The van der Waals surface area contributed by atoms with Crippen molar-refractivity contribution in [2.75, 3.05) is 0 Å². The van der Waals surface area contributed by atoms with E-state index in [0.717, 1.165) is 16.5 Å². The Morgan fingerprint density at radius 2 is 2.19 bits per heavy atom. The summed E-state index contributed by atoms with van der Waals surface area (Å²) in [6.07, 6.45) is 2.55. The second-order valence-corrected chi connectivity index (χ2v) is 5.46. The van der Waals surface area contributed by atoms with E-state index >= 15 is 0 Å². The smallest absolute Gasteiger partial charge is 0.113 e. The predicted octanol–water partition coefficient (Wildman–Crippen LogP) is 3.82. The zero-order valence-electron chi connectivity index (χ0n) is 8.99. The molecule has 1 saturated carbocycles. The number of rotatable bonds is 3. The van der Waals surface area contributed by atoms with Crippen LogP contribution < -0.4 is 0 Å². The Morgan fingerprint density at radius 1 is 1.44 bits per heavy atom. The molecule has 1 fully saturated rings. The van der Waals surface area contributed by atoms with Crippen LogP contribution in [-0.4, -0.2) is 9.55 Å². The van der Waals surface area contributed by atoms with Crippen molar-refractivity contribution in [3.63, 3.8) is 0 Å². The zero-order valence-corrected chi connectivity index (χ0v) is 10.6. The molecule has 0 bridgehead atoms. The average molecular weight is 277 g/mol. The van der Waals surface area contributed by atoms with Crippen LogP contribution in [0.3, 0.4) is 0 Å². The number of benzene rings is 1. The fourth-order valence-corrected chi connectivity index (χ4v) is 2.34. The standard InChI is InChI=1S/C13H13BrN2/c1-9(14)8-16-12-5-3-2-4-11(12)15-13(16)10-6-7-10/h2-5,10H,1,6-8H2. The maximum Gasteiger partial charge on any atom is 0.113 e. The molecule has 16 heavy (non-hydrogen) atoms. The highest BCUT2D eigenvalue weighted by atomic mass is 79.9. The van der Waals surface area contributed by atoms with Gasteiger partial charge in [0, 0.05) is 10.4 Å². The molecule has 1 aliphatic rings. The van der Waals surface area contributed by atoms with Crippen LogP contribution >= 0.6 is 15.9 Å². The van der Waals surface area contributed by atoms with Crippen molar-refractivity contribution in [3.8, 4) is 0 Å². The molecular weight excluding hydrogens is 264 g/mol. The quantitative estimate of drug-likeness (QED) is 0.833. The van der Waals surface area contributed by atoms with Gasteiger partial charge in [0.2, 0.25) is 0 Å². The van der Waals surface area contributed by atoms with E-state index in [9.17, 15) is 0 Å². The molecule has 0 aliphatic heterocycles. The fraction of sp³-hybridized carbons (Fsp3) is 0.308. The van der Waals surface area contributed by atoms with E-state index in [1.807, 2.05) is 6.07 Å². The first kappa shape index (κ1) is 10.1. The SMILES string of the molecule is C=C(Br)Cn1c(C2CC2)nc2ccccc21. The molecule has 1 aromatic carbocycles. The van der Waals surface area contributed by atoms with Gasteiger partial charge in [-0.2, -0.15) is 0 Å². The first-order chi connectivity index (χ1) is 7.75. The van der Waals surface area contributed by atoms with Gasteiger partial charge >= 0.3 is 0 Å². The summed E-state index contributed by atoms with van der Waals surface area (Å²) in [6, 6.07) is 8.31. The monoisotopic (exact) mass is 276 g/mol. The lowest BCUT2D eigenvalue weighted by atomic mass is 10.3. The molecule has 0 atom stereocenters. The van der Waals surface area contributed by atoms with Gasteiger partial charge in [0.1, 0.15) is 5.82 Å². The molecule has 0 spiro atoms. The van der Waals surface area contributed by atoms with Crippen molar-refractivity contribution in [1.29, 1.82) is 0 Å². The van der Waals surface area contributed by atoms with Crippen molar-refractivity contribution >= 4 is 27.0 Å². The van der Waals surface area contributed by atoms with Crippen LogP contribution in [0.15, 0.2) is 35.3 Å². The summed E-state index contributed by atoms with van der Waals surface area (Å²) in [5.41, 5.74) is 2.31. The molecule has 1 aromatic heterocycles. The number of hydrogen-bond donors (Lipinski definition) is 0. The molecular formula is C13H13BrN2. The lowest BCUT2D eigenvalue weighted by Crippen LogP contribution is -2.02. The highest BCUT2D eigenvalue weighted by Gasteiger charge is 2.29.